The van der Waals surface area contributed by atoms with Crippen molar-refractivity contribution in [3.63, 3.8) is 0 Å². The molecule has 0 amide bonds. The van der Waals surface area contributed by atoms with Crippen LogP contribution in [0.25, 0.3) is 0 Å². The van der Waals surface area contributed by atoms with Crippen molar-refractivity contribution in [3.05, 3.63) is 29.6 Å². The maximum atomic E-state index is 13.2. The van der Waals surface area contributed by atoms with Crippen LogP contribution in [0.5, 0.6) is 0 Å². The highest BCUT2D eigenvalue weighted by molar-refractivity contribution is 5.46. The molecule has 1 nitrogen and oxygen atoms in total. The molecule has 1 aliphatic carbocycles. The lowest BCUT2D eigenvalue weighted by molar-refractivity contribution is 0.317. The molecule has 1 aromatic carbocycles. The van der Waals surface area contributed by atoms with E-state index in [1.54, 1.807) is 6.07 Å². The van der Waals surface area contributed by atoms with E-state index in [-0.39, 0.29) is 5.82 Å². The van der Waals surface area contributed by atoms with Crippen LogP contribution in [0, 0.1) is 18.7 Å². The first kappa shape index (κ1) is 12.4. The number of anilines is 1. The maximum absolute atomic E-state index is 13.2. The second-order valence-electron chi connectivity index (χ2n) is 5.17. The van der Waals surface area contributed by atoms with Gasteiger partial charge in [-0.2, -0.15) is 0 Å². The summed E-state index contributed by atoms with van der Waals surface area (Å²) >= 11 is 0. The van der Waals surface area contributed by atoms with Gasteiger partial charge in [0.15, 0.2) is 0 Å². The fourth-order valence-corrected chi connectivity index (χ4v) is 2.83. The normalized spacial score (nSPS) is 24.6. The molecular formula is C15H22FN. The van der Waals surface area contributed by atoms with Crippen LogP contribution in [-0.2, 0) is 0 Å². The third-order valence-corrected chi connectivity index (χ3v) is 3.94. The summed E-state index contributed by atoms with van der Waals surface area (Å²) < 4.78 is 13.2. The molecule has 0 heterocycles. The molecule has 2 rings (SSSR count). The van der Waals surface area contributed by atoms with Crippen LogP contribution in [0.15, 0.2) is 18.2 Å². The molecule has 2 unspecified atom stereocenters. The van der Waals surface area contributed by atoms with E-state index in [9.17, 15) is 4.39 Å². The summed E-state index contributed by atoms with van der Waals surface area (Å²) in [6.45, 7) is 4.08. The molecule has 1 fully saturated rings. The standard InChI is InChI=1S/C15H22FN/c1-3-12-6-4-5-7-15(12)17-13-8-9-14(16)11(2)10-13/h8-10,12,15,17H,3-7H2,1-2H3. The molecule has 17 heavy (non-hydrogen) atoms. The molecule has 94 valence electrons. The molecule has 1 saturated carbocycles. The van der Waals surface area contributed by atoms with Crippen molar-refractivity contribution in [1.29, 1.82) is 0 Å². The molecule has 0 bridgehead atoms. The predicted molar refractivity (Wildman–Crippen MR) is 70.8 cm³/mol. The number of aryl methyl sites for hydroxylation is 1. The van der Waals surface area contributed by atoms with Crippen LogP contribution >= 0.6 is 0 Å². The van der Waals surface area contributed by atoms with Gasteiger partial charge >= 0.3 is 0 Å². The Labute approximate surface area is 103 Å². The summed E-state index contributed by atoms with van der Waals surface area (Å²) in [7, 11) is 0. The SMILES string of the molecule is CCC1CCCCC1Nc1ccc(F)c(C)c1. The molecular weight excluding hydrogens is 213 g/mol. The van der Waals surface area contributed by atoms with E-state index >= 15 is 0 Å². The lowest BCUT2D eigenvalue weighted by atomic mass is 9.83. The molecule has 0 aliphatic heterocycles. The van der Waals surface area contributed by atoms with Crippen molar-refractivity contribution in [1.82, 2.24) is 0 Å². The molecule has 0 aromatic heterocycles. The van der Waals surface area contributed by atoms with Gasteiger partial charge in [-0.05, 0) is 49.4 Å². The van der Waals surface area contributed by atoms with Crippen LogP contribution in [0.2, 0.25) is 0 Å². The van der Waals surface area contributed by atoms with Crippen LogP contribution in [-0.4, -0.2) is 6.04 Å². The number of benzene rings is 1. The van der Waals surface area contributed by atoms with Crippen LogP contribution in [0.3, 0.4) is 0 Å². The fourth-order valence-electron chi connectivity index (χ4n) is 2.83. The fraction of sp³-hybridized carbons (Fsp3) is 0.600. The second kappa shape index (κ2) is 5.52. The minimum absolute atomic E-state index is 0.119. The van der Waals surface area contributed by atoms with E-state index in [4.69, 9.17) is 0 Å². The number of hydrogen-bond donors (Lipinski definition) is 1. The topological polar surface area (TPSA) is 12.0 Å². The van der Waals surface area contributed by atoms with E-state index in [1.807, 2.05) is 19.1 Å². The van der Waals surface area contributed by atoms with E-state index in [0.717, 1.165) is 17.2 Å². The predicted octanol–water partition coefficient (Wildman–Crippen LogP) is 4.51. The average Bonchev–Trinajstić information content (AvgIpc) is 2.34. The first-order valence-corrected chi connectivity index (χ1v) is 6.73. The van der Waals surface area contributed by atoms with Gasteiger partial charge in [-0.1, -0.05) is 26.2 Å². The summed E-state index contributed by atoms with van der Waals surface area (Å²) in [6, 6.07) is 5.89. The van der Waals surface area contributed by atoms with Gasteiger partial charge in [0.05, 0.1) is 0 Å². The van der Waals surface area contributed by atoms with Gasteiger partial charge in [-0.15, -0.1) is 0 Å². The summed E-state index contributed by atoms with van der Waals surface area (Å²) in [5, 5.41) is 3.58. The van der Waals surface area contributed by atoms with Crippen molar-refractivity contribution in [2.75, 3.05) is 5.32 Å². The number of halogens is 1. The van der Waals surface area contributed by atoms with E-state index in [2.05, 4.69) is 12.2 Å². The monoisotopic (exact) mass is 235 g/mol. The van der Waals surface area contributed by atoms with Gasteiger partial charge in [-0.25, -0.2) is 4.39 Å². The van der Waals surface area contributed by atoms with Gasteiger partial charge in [0.25, 0.3) is 0 Å². The highest BCUT2D eigenvalue weighted by atomic mass is 19.1. The molecule has 1 aliphatic rings. The van der Waals surface area contributed by atoms with Crippen LogP contribution < -0.4 is 5.32 Å². The summed E-state index contributed by atoms with van der Waals surface area (Å²) in [5.74, 6) is 0.653. The van der Waals surface area contributed by atoms with Gasteiger partial charge < -0.3 is 5.32 Å². The smallest absolute Gasteiger partial charge is 0.126 e. The second-order valence-corrected chi connectivity index (χ2v) is 5.17. The zero-order chi connectivity index (χ0) is 12.3. The van der Waals surface area contributed by atoms with Gasteiger partial charge in [0, 0.05) is 11.7 Å². The molecule has 1 N–H and O–H groups in total. The average molecular weight is 235 g/mol. The number of rotatable bonds is 3. The Morgan fingerprint density at radius 1 is 1.29 bits per heavy atom. The first-order valence-electron chi connectivity index (χ1n) is 6.73. The van der Waals surface area contributed by atoms with Crippen molar-refractivity contribution in [2.24, 2.45) is 5.92 Å². The number of hydrogen-bond acceptors (Lipinski definition) is 1. The zero-order valence-corrected chi connectivity index (χ0v) is 10.8. The first-order chi connectivity index (χ1) is 8.20. The van der Waals surface area contributed by atoms with Crippen LogP contribution in [0.1, 0.15) is 44.6 Å². The van der Waals surface area contributed by atoms with E-state index < -0.39 is 0 Å². The lowest BCUT2D eigenvalue weighted by Crippen LogP contribution is -2.31. The Bertz CT molecular complexity index is 375. The molecule has 1 aromatic rings. The minimum atomic E-state index is -0.119. The third kappa shape index (κ3) is 2.99. The molecule has 2 atom stereocenters. The Kier molecular flexibility index (Phi) is 4.03. The van der Waals surface area contributed by atoms with Gasteiger partial charge in [-0.3, -0.25) is 0 Å². The highest BCUT2D eigenvalue weighted by Crippen LogP contribution is 2.29. The molecule has 0 radical (unpaired) electrons. The molecule has 2 heteroatoms. The molecule has 0 saturated heterocycles. The number of nitrogens with one attached hydrogen (secondary N) is 1. The zero-order valence-electron chi connectivity index (χ0n) is 10.8. The quantitative estimate of drug-likeness (QED) is 0.812. The highest BCUT2D eigenvalue weighted by Gasteiger charge is 2.23. The Morgan fingerprint density at radius 3 is 2.76 bits per heavy atom. The van der Waals surface area contributed by atoms with Crippen molar-refractivity contribution < 1.29 is 4.39 Å². The largest absolute Gasteiger partial charge is 0.382 e. The van der Waals surface area contributed by atoms with Crippen molar-refractivity contribution >= 4 is 5.69 Å². The van der Waals surface area contributed by atoms with E-state index in [1.165, 1.54) is 32.1 Å². The Balaban J connectivity index is 2.05. The van der Waals surface area contributed by atoms with Crippen molar-refractivity contribution in [3.8, 4) is 0 Å². The van der Waals surface area contributed by atoms with Crippen LogP contribution in [0.4, 0.5) is 10.1 Å². The Morgan fingerprint density at radius 2 is 2.06 bits per heavy atom. The van der Waals surface area contributed by atoms with Gasteiger partial charge in [0.1, 0.15) is 5.82 Å². The maximum Gasteiger partial charge on any atom is 0.126 e. The third-order valence-electron chi connectivity index (χ3n) is 3.94. The van der Waals surface area contributed by atoms with Gasteiger partial charge in [0.2, 0.25) is 0 Å². The van der Waals surface area contributed by atoms with E-state index in [0.29, 0.717) is 6.04 Å². The summed E-state index contributed by atoms with van der Waals surface area (Å²) in [5.41, 5.74) is 1.79. The lowest BCUT2D eigenvalue weighted by Gasteiger charge is -2.32. The molecule has 0 spiro atoms. The summed E-state index contributed by atoms with van der Waals surface area (Å²) in [6.07, 6.45) is 6.48. The minimum Gasteiger partial charge on any atom is -0.382 e. The van der Waals surface area contributed by atoms with Crippen molar-refractivity contribution in [2.45, 2.75) is 52.0 Å². The Hall–Kier alpha value is -1.05. The summed E-state index contributed by atoms with van der Waals surface area (Å²) in [4.78, 5) is 0.